The normalized spacial score (nSPS) is 12.7. The standard InChI is InChI=1S/C23H17O3/c1-14(2)15-8-5-6-12-19(15)26-20-13-7-11-18-21(20)23(25)17-10-4-3-9-16(17)22(18)24/h3-12,14H,1-2H3. The molecule has 3 nitrogen and oxygen atoms in total. The average Bonchev–Trinajstić information content (AvgIpc) is 2.66. The van der Waals surface area contributed by atoms with Gasteiger partial charge in [0, 0.05) is 22.8 Å². The molecule has 0 amide bonds. The summed E-state index contributed by atoms with van der Waals surface area (Å²) in [5, 5.41) is 0. The molecular formula is C23H17O3. The Bertz CT molecular complexity index is 1030. The minimum Gasteiger partial charge on any atom is -0.456 e. The monoisotopic (exact) mass is 341 g/mol. The van der Waals surface area contributed by atoms with Gasteiger partial charge in [-0.2, -0.15) is 0 Å². The van der Waals surface area contributed by atoms with E-state index in [0.717, 1.165) is 5.56 Å². The van der Waals surface area contributed by atoms with Crippen LogP contribution in [0.15, 0.2) is 60.7 Å². The van der Waals surface area contributed by atoms with E-state index in [9.17, 15) is 9.59 Å². The number of fused-ring (bicyclic) bond motifs is 2. The van der Waals surface area contributed by atoms with Crippen LogP contribution in [0.1, 0.15) is 57.2 Å². The number of ether oxygens (including phenoxy) is 1. The van der Waals surface area contributed by atoms with Crippen molar-refractivity contribution in [1.29, 1.82) is 0 Å². The lowest BCUT2D eigenvalue weighted by molar-refractivity contribution is 0.0977. The van der Waals surface area contributed by atoms with Crippen molar-refractivity contribution in [1.82, 2.24) is 0 Å². The van der Waals surface area contributed by atoms with E-state index in [2.05, 4.69) is 19.9 Å². The average molecular weight is 341 g/mol. The molecule has 0 unspecified atom stereocenters. The van der Waals surface area contributed by atoms with Crippen molar-refractivity contribution in [3.8, 4) is 11.5 Å². The molecular weight excluding hydrogens is 324 g/mol. The van der Waals surface area contributed by atoms with E-state index in [1.165, 1.54) is 0 Å². The van der Waals surface area contributed by atoms with E-state index < -0.39 is 0 Å². The Labute approximate surface area is 152 Å². The summed E-state index contributed by atoms with van der Waals surface area (Å²) >= 11 is 0. The van der Waals surface area contributed by atoms with Crippen molar-refractivity contribution in [2.75, 3.05) is 0 Å². The van der Waals surface area contributed by atoms with Crippen LogP contribution in [-0.2, 0) is 0 Å². The number of hydrogen-bond acceptors (Lipinski definition) is 3. The first-order chi connectivity index (χ1) is 12.6. The van der Waals surface area contributed by atoms with Gasteiger partial charge in [-0.1, -0.05) is 56.3 Å². The second kappa shape index (κ2) is 6.26. The first-order valence-corrected chi connectivity index (χ1v) is 8.58. The fraction of sp³-hybridized carbons (Fsp3) is 0.130. The van der Waals surface area contributed by atoms with Crippen molar-refractivity contribution >= 4 is 11.6 Å². The van der Waals surface area contributed by atoms with Gasteiger partial charge in [0.1, 0.15) is 11.5 Å². The summed E-state index contributed by atoms with van der Waals surface area (Å²) in [5.41, 5.74) is 2.53. The zero-order valence-corrected chi connectivity index (χ0v) is 14.6. The van der Waals surface area contributed by atoms with Crippen LogP contribution < -0.4 is 4.74 Å². The van der Waals surface area contributed by atoms with Gasteiger partial charge in [0.25, 0.3) is 0 Å². The maximum absolute atomic E-state index is 13.0. The Balaban J connectivity index is 1.85. The van der Waals surface area contributed by atoms with Crippen LogP contribution in [0, 0.1) is 6.07 Å². The molecule has 4 rings (SSSR count). The van der Waals surface area contributed by atoms with Crippen LogP contribution in [0.3, 0.4) is 0 Å². The molecule has 1 radical (unpaired) electrons. The summed E-state index contributed by atoms with van der Waals surface area (Å²) in [4.78, 5) is 25.8. The van der Waals surface area contributed by atoms with E-state index in [1.54, 1.807) is 36.4 Å². The van der Waals surface area contributed by atoms with Gasteiger partial charge < -0.3 is 4.74 Å². The lowest BCUT2D eigenvalue weighted by Crippen LogP contribution is -2.21. The molecule has 0 bridgehead atoms. The molecule has 0 saturated carbocycles. The quantitative estimate of drug-likeness (QED) is 0.516. The predicted octanol–water partition coefficient (Wildman–Crippen LogP) is 5.18. The largest absolute Gasteiger partial charge is 0.456 e. The highest BCUT2D eigenvalue weighted by Crippen LogP contribution is 2.37. The van der Waals surface area contributed by atoms with Gasteiger partial charge in [-0.3, -0.25) is 9.59 Å². The first-order valence-electron chi connectivity index (χ1n) is 8.58. The minimum atomic E-state index is -0.205. The van der Waals surface area contributed by atoms with Gasteiger partial charge in [0.15, 0.2) is 11.6 Å². The molecule has 26 heavy (non-hydrogen) atoms. The second-order valence-electron chi connectivity index (χ2n) is 6.59. The number of benzene rings is 3. The number of hydrogen-bond donors (Lipinski definition) is 0. The molecule has 0 spiro atoms. The molecule has 0 saturated heterocycles. The topological polar surface area (TPSA) is 43.4 Å². The summed E-state index contributed by atoms with van der Waals surface area (Å²) in [5.74, 6) is 0.869. The summed E-state index contributed by atoms with van der Waals surface area (Å²) < 4.78 is 6.07. The Morgan fingerprint density at radius 1 is 0.808 bits per heavy atom. The lowest BCUT2D eigenvalue weighted by Gasteiger charge is -2.21. The van der Waals surface area contributed by atoms with Crippen molar-refractivity contribution in [2.45, 2.75) is 19.8 Å². The highest BCUT2D eigenvalue weighted by atomic mass is 16.5. The van der Waals surface area contributed by atoms with Crippen molar-refractivity contribution in [3.63, 3.8) is 0 Å². The SMILES string of the molecule is CC(C)c1ccccc1Oc1[c]ccc2c1C(=O)c1ccccc1C2=O. The second-order valence-corrected chi connectivity index (χ2v) is 6.59. The minimum absolute atomic E-state index is 0.161. The summed E-state index contributed by atoms with van der Waals surface area (Å²) in [7, 11) is 0. The lowest BCUT2D eigenvalue weighted by atomic mass is 9.83. The number of para-hydroxylation sites is 1. The van der Waals surface area contributed by atoms with Gasteiger partial charge in [-0.15, -0.1) is 0 Å². The van der Waals surface area contributed by atoms with E-state index in [4.69, 9.17) is 4.74 Å². The summed E-state index contributed by atoms with van der Waals surface area (Å²) in [6.07, 6.45) is 0. The predicted molar refractivity (Wildman–Crippen MR) is 99.2 cm³/mol. The Morgan fingerprint density at radius 3 is 2.19 bits per heavy atom. The third kappa shape index (κ3) is 2.53. The molecule has 127 valence electrons. The fourth-order valence-electron chi connectivity index (χ4n) is 3.29. The third-order valence-electron chi connectivity index (χ3n) is 4.60. The van der Waals surface area contributed by atoms with E-state index in [0.29, 0.717) is 28.2 Å². The summed E-state index contributed by atoms with van der Waals surface area (Å²) in [6.45, 7) is 4.16. The van der Waals surface area contributed by atoms with E-state index in [1.807, 2.05) is 24.3 Å². The van der Waals surface area contributed by atoms with Crippen LogP contribution in [0.5, 0.6) is 11.5 Å². The molecule has 1 aliphatic carbocycles. The Hall–Kier alpha value is -3.20. The summed E-state index contributed by atoms with van der Waals surface area (Å²) in [6, 6.07) is 20.9. The van der Waals surface area contributed by atoms with Crippen molar-refractivity contribution in [3.05, 3.63) is 94.5 Å². The van der Waals surface area contributed by atoms with E-state index >= 15 is 0 Å². The fourth-order valence-corrected chi connectivity index (χ4v) is 3.29. The van der Waals surface area contributed by atoms with Gasteiger partial charge in [-0.25, -0.2) is 0 Å². The molecule has 0 aromatic heterocycles. The van der Waals surface area contributed by atoms with Gasteiger partial charge >= 0.3 is 0 Å². The molecule has 3 aromatic rings. The van der Waals surface area contributed by atoms with Crippen LogP contribution in [-0.4, -0.2) is 11.6 Å². The first kappa shape index (κ1) is 16.3. The van der Waals surface area contributed by atoms with Gasteiger partial charge in [0.2, 0.25) is 0 Å². The van der Waals surface area contributed by atoms with Gasteiger partial charge in [0.05, 0.1) is 5.56 Å². The highest BCUT2D eigenvalue weighted by molar-refractivity contribution is 6.29. The van der Waals surface area contributed by atoms with Crippen LogP contribution in [0.4, 0.5) is 0 Å². The molecule has 0 atom stereocenters. The maximum Gasteiger partial charge on any atom is 0.198 e. The molecule has 3 heteroatoms. The van der Waals surface area contributed by atoms with Crippen LogP contribution in [0.2, 0.25) is 0 Å². The molecule has 0 aliphatic heterocycles. The molecule has 1 aliphatic rings. The van der Waals surface area contributed by atoms with Gasteiger partial charge in [-0.05, 0) is 29.7 Å². The number of carbonyl (C=O) groups is 2. The van der Waals surface area contributed by atoms with E-state index in [-0.39, 0.29) is 23.0 Å². The Morgan fingerprint density at radius 2 is 1.46 bits per heavy atom. The van der Waals surface area contributed by atoms with Crippen LogP contribution >= 0.6 is 0 Å². The zero-order chi connectivity index (χ0) is 18.3. The molecule has 0 heterocycles. The number of ketones is 2. The number of rotatable bonds is 3. The zero-order valence-electron chi connectivity index (χ0n) is 14.6. The highest BCUT2D eigenvalue weighted by Gasteiger charge is 2.32. The van der Waals surface area contributed by atoms with Crippen LogP contribution in [0.25, 0.3) is 0 Å². The van der Waals surface area contributed by atoms with Crippen molar-refractivity contribution < 1.29 is 14.3 Å². The molecule has 0 fully saturated rings. The molecule has 3 aromatic carbocycles. The third-order valence-corrected chi connectivity index (χ3v) is 4.60. The van der Waals surface area contributed by atoms with Crippen molar-refractivity contribution in [2.24, 2.45) is 0 Å². The maximum atomic E-state index is 13.0. The smallest absolute Gasteiger partial charge is 0.198 e. The molecule has 0 N–H and O–H groups in total. The Kier molecular flexibility index (Phi) is 3.92. The number of carbonyl (C=O) groups excluding carboxylic acids is 2.